The van der Waals surface area contributed by atoms with Crippen LogP contribution in [0.3, 0.4) is 0 Å². The number of methoxy groups -OCH3 is 1. The van der Waals surface area contributed by atoms with Crippen LogP contribution in [-0.4, -0.2) is 12.1 Å². The van der Waals surface area contributed by atoms with E-state index in [-0.39, 0.29) is 0 Å². The van der Waals surface area contributed by atoms with E-state index in [0.717, 1.165) is 28.7 Å². The Morgan fingerprint density at radius 2 is 1.81 bits per heavy atom. The number of para-hydroxylation sites is 1. The predicted octanol–water partition coefficient (Wildman–Crippen LogP) is 4.43. The minimum absolute atomic E-state index is 0.777. The molecule has 21 heavy (non-hydrogen) atoms. The van der Waals surface area contributed by atoms with Gasteiger partial charge in [-0.05, 0) is 17.7 Å². The molecule has 0 atom stereocenters. The van der Waals surface area contributed by atoms with E-state index < -0.39 is 0 Å². The Hall–Kier alpha value is -2.33. The Morgan fingerprint density at radius 3 is 2.62 bits per heavy atom. The summed E-state index contributed by atoms with van der Waals surface area (Å²) in [6.07, 6.45) is 0. The van der Waals surface area contributed by atoms with Crippen molar-refractivity contribution in [1.29, 1.82) is 0 Å². The quantitative estimate of drug-likeness (QED) is 0.756. The fourth-order valence-corrected chi connectivity index (χ4v) is 2.82. The smallest absolute Gasteiger partial charge is 0.183 e. The van der Waals surface area contributed by atoms with Gasteiger partial charge in [0.05, 0.1) is 12.8 Å². The van der Waals surface area contributed by atoms with E-state index in [1.54, 1.807) is 18.4 Å². The average Bonchev–Trinajstić information content (AvgIpc) is 3.02. The van der Waals surface area contributed by atoms with Gasteiger partial charge in [-0.3, -0.25) is 0 Å². The summed E-state index contributed by atoms with van der Waals surface area (Å²) in [5.74, 6) is 0.845. The topological polar surface area (TPSA) is 34.1 Å². The highest BCUT2D eigenvalue weighted by atomic mass is 32.1. The Labute approximate surface area is 128 Å². The van der Waals surface area contributed by atoms with Crippen LogP contribution < -0.4 is 10.1 Å². The average molecular weight is 296 g/mol. The zero-order valence-corrected chi connectivity index (χ0v) is 12.6. The van der Waals surface area contributed by atoms with Crippen molar-refractivity contribution in [3.63, 3.8) is 0 Å². The Morgan fingerprint density at radius 1 is 1.05 bits per heavy atom. The Kier molecular flexibility index (Phi) is 4.17. The van der Waals surface area contributed by atoms with Gasteiger partial charge in [0.25, 0.3) is 0 Å². The summed E-state index contributed by atoms with van der Waals surface area (Å²) in [7, 11) is 1.68. The molecule has 0 radical (unpaired) electrons. The van der Waals surface area contributed by atoms with E-state index in [0.29, 0.717) is 0 Å². The summed E-state index contributed by atoms with van der Waals surface area (Å²) >= 11 is 1.61. The molecule has 0 aliphatic rings. The van der Waals surface area contributed by atoms with Crippen molar-refractivity contribution in [3.05, 3.63) is 65.5 Å². The minimum atomic E-state index is 0.777. The van der Waals surface area contributed by atoms with Gasteiger partial charge in [0.1, 0.15) is 5.75 Å². The zero-order chi connectivity index (χ0) is 14.5. The number of thiazole rings is 1. The van der Waals surface area contributed by atoms with Crippen molar-refractivity contribution >= 4 is 16.5 Å². The van der Waals surface area contributed by atoms with Gasteiger partial charge in [-0.1, -0.05) is 42.5 Å². The van der Waals surface area contributed by atoms with Crippen molar-refractivity contribution < 1.29 is 4.74 Å². The molecule has 3 aromatic rings. The first kappa shape index (κ1) is 13.6. The van der Waals surface area contributed by atoms with E-state index in [1.807, 2.05) is 47.8 Å². The molecule has 0 saturated heterocycles. The second kappa shape index (κ2) is 6.41. The maximum atomic E-state index is 5.38. The van der Waals surface area contributed by atoms with Crippen LogP contribution in [-0.2, 0) is 6.54 Å². The summed E-state index contributed by atoms with van der Waals surface area (Å²) < 4.78 is 5.38. The second-order valence-corrected chi connectivity index (χ2v) is 5.44. The molecule has 0 bridgehead atoms. The summed E-state index contributed by atoms with van der Waals surface area (Å²) in [6.45, 7) is 0.777. The normalized spacial score (nSPS) is 10.3. The van der Waals surface area contributed by atoms with E-state index in [9.17, 15) is 0 Å². The summed E-state index contributed by atoms with van der Waals surface area (Å²) in [6, 6.07) is 18.2. The van der Waals surface area contributed by atoms with Gasteiger partial charge in [0.15, 0.2) is 5.13 Å². The molecule has 106 valence electrons. The molecule has 0 fully saturated rings. The van der Waals surface area contributed by atoms with Gasteiger partial charge >= 0.3 is 0 Å². The number of ether oxygens (including phenoxy) is 1. The zero-order valence-electron chi connectivity index (χ0n) is 11.7. The van der Waals surface area contributed by atoms with E-state index in [4.69, 9.17) is 4.74 Å². The van der Waals surface area contributed by atoms with Crippen molar-refractivity contribution in [2.75, 3.05) is 12.4 Å². The van der Waals surface area contributed by atoms with Gasteiger partial charge < -0.3 is 10.1 Å². The monoisotopic (exact) mass is 296 g/mol. The molecular weight excluding hydrogens is 280 g/mol. The first-order chi connectivity index (χ1) is 10.4. The molecule has 4 heteroatoms. The van der Waals surface area contributed by atoms with E-state index in [1.165, 1.54) is 5.56 Å². The lowest BCUT2D eigenvalue weighted by molar-refractivity contribution is 0.416. The first-order valence-electron chi connectivity index (χ1n) is 6.73. The number of aromatic nitrogens is 1. The predicted molar refractivity (Wildman–Crippen MR) is 87.9 cm³/mol. The summed E-state index contributed by atoms with van der Waals surface area (Å²) in [5, 5.41) is 6.32. The third-order valence-electron chi connectivity index (χ3n) is 3.17. The van der Waals surface area contributed by atoms with Gasteiger partial charge in [-0.2, -0.15) is 0 Å². The number of anilines is 1. The van der Waals surface area contributed by atoms with Crippen LogP contribution in [0.1, 0.15) is 5.56 Å². The maximum absolute atomic E-state index is 5.38. The van der Waals surface area contributed by atoms with Crippen molar-refractivity contribution in [1.82, 2.24) is 4.98 Å². The molecule has 3 nitrogen and oxygen atoms in total. The lowest BCUT2D eigenvalue weighted by atomic mass is 10.1. The lowest BCUT2D eigenvalue weighted by Gasteiger charge is -2.05. The van der Waals surface area contributed by atoms with Gasteiger partial charge in [-0.15, -0.1) is 11.3 Å². The number of rotatable bonds is 5. The highest BCUT2D eigenvalue weighted by molar-refractivity contribution is 7.14. The highest BCUT2D eigenvalue weighted by Gasteiger charge is 2.09. The molecule has 1 aromatic heterocycles. The van der Waals surface area contributed by atoms with Crippen LogP contribution in [0.5, 0.6) is 5.75 Å². The van der Waals surface area contributed by atoms with Crippen LogP contribution in [0.15, 0.2) is 60.0 Å². The molecule has 3 rings (SSSR count). The third kappa shape index (κ3) is 3.23. The number of benzene rings is 2. The molecule has 0 aliphatic heterocycles. The Balaban J connectivity index is 1.74. The molecule has 0 aliphatic carbocycles. The molecule has 0 saturated carbocycles. The molecule has 1 heterocycles. The summed E-state index contributed by atoms with van der Waals surface area (Å²) in [5.41, 5.74) is 3.20. The molecule has 0 unspecified atom stereocenters. The molecule has 1 N–H and O–H groups in total. The standard InChI is InChI=1S/C17H16N2OS/c1-20-16-10-6-5-9-14(16)15-12-21-17(19-15)18-11-13-7-3-2-4-8-13/h2-10,12H,11H2,1H3,(H,18,19). The fourth-order valence-electron chi connectivity index (χ4n) is 2.11. The third-order valence-corrected chi connectivity index (χ3v) is 3.97. The number of hydrogen-bond acceptors (Lipinski definition) is 4. The first-order valence-corrected chi connectivity index (χ1v) is 7.61. The van der Waals surface area contributed by atoms with Crippen LogP contribution in [0, 0.1) is 0 Å². The minimum Gasteiger partial charge on any atom is -0.496 e. The number of nitrogens with one attached hydrogen (secondary N) is 1. The highest BCUT2D eigenvalue weighted by Crippen LogP contribution is 2.31. The van der Waals surface area contributed by atoms with Crippen LogP contribution in [0.2, 0.25) is 0 Å². The maximum Gasteiger partial charge on any atom is 0.183 e. The number of hydrogen-bond donors (Lipinski definition) is 1. The molecule has 0 amide bonds. The van der Waals surface area contributed by atoms with Crippen LogP contribution in [0.25, 0.3) is 11.3 Å². The summed E-state index contributed by atoms with van der Waals surface area (Å²) in [4.78, 5) is 4.63. The molecular formula is C17H16N2OS. The lowest BCUT2D eigenvalue weighted by Crippen LogP contribution is -1.98. The van der Waals surface area contributed by atoms with Crippen LogP contribution >= 0.6 is 11.3 Å². The fraction of sp³-hybridized carbons (Fsp3) is 0.118. The van der Waals surface area contributed by atoms with Crippen LogP contribution in [0.4, 0.5) is 5.13 Å². The molecule has 2 aromatic carbocycles. The van der Waals surface area contributed by atoms with Gasteiger partial charge in [0, 0.05) is 17.5 Å². The second-order valence-electron chi connectivity index (χ2n) is 4.58. The Bertz CT molecular complexity index is 710. The van der Waals surface area contributed by atoms with Gasteiger partial charge in [-0.25, -0.2) is 4.98 Å². The van der Waals surface area contributed by atoms with Crippen molar-refractivity contribution in [3.8, 4) is 17.0 Å². The molecule has 0 spiro atoms. The van der Waals surface area contributed by atoms with Gasteiger partial charge in [0.2, 0.25) is 0 Å². The SMILES string of the molecule is COc1ccccc1-c1csc(NCc2ccccc2)n1. The van der Waals surface area contributed by atoms with E-state index in [2.05, 4.69) is 22.4 Å². The number of nitrogens with zero attached hydrogens (tertiary/aromatic N) is 1. The van der Waals surface area contributed by atoms with E-state index >= 15 is 0 Å². The van der Waals surface area contributed by atoms with Crippen molar-refractivity contribution in [2.24, 2.45) is 0 Å². The van der Waals surface area contributed by atoms with Crippen molar-refractivity contribution in [2.45, 2.75) is 6.54 Å². The largest absolute Gasteiger partial charge is 0.496 e.